The average Bonchev–Trinajstić information content (AvgIpc) is 2.81. The van der Waals surface area contributed by atoms with E-state index in [0.717, 1.165) is 11.3 Å². The third-order valence-corrected chi connectivity index (χ3v) is 3.32. The highest BCUT2D eigenvalue weighted by atomic mass is 35.5. The first-order valence-corrected chi connectivity index (χ1v) is 6.13. The predicted octanol–water partition coefficient (Wildman–Crippen LogP) is 4.44. The van der Waals surface area contributed by atoms with Gasteiger partial charge in [-0.15, -0.1) is 0 Å². The van der Waals surface area contributed by atoms with Gasteiger partial charge in [-0.2, -0.15) is 0 Å². The van der Waals surface area contributed by atoms with E-state index in [2.05, 4.69) is 5.32 Å². The molecule has 90 valence electrons. The lowest BCUT2D eigenvalue weighted by atomic mass is 10.2. The van der Waals surface area contributed by atoms with Crippen LogP contribution in [0.3, 0.4) is 0 Å². The van der Waals surface area contributed by atoms with E-state index >= 15 is 0 Å². The summed E-state index contributed by atoms with van der Waals surface area (Å²) in [7, 11) is 0. The van der Waals surface area contributed by atoms with Crippen molar-refractivity contribution >= 4 is 23.2 Å². The molecule has 2 rings (SSSR count). The number of rotatable bonds is 4. The largest absolute Gasteiger partial charge is 0.468 e. The average molecular weight is 270 g/mol. The van der Waals surface area contributed by atoms with Crippen molar-refractivity contribution in [3.05, 3.63) is 58.0 Å². The van der Waals surface area contributed by atoms with Crippen LogP contribution in [-0.2, 0) is 6.54 Å². The van der Waals surface area contributed by atoms with E-state index < -0.39 is 0 Å². The molecule has 0 aliphatic rings. The maximum absolute atomic E-state index is 6.09. The molecule has 0 saturated heterocycles. The standard InChI is InChI=1S/C13H13Cl2NO/c1-9(13-6-3-7-17-13)16-8-10-11(14)4-2-5-12(10)15/h2-7,9,16H,8H2,1H3. The lowest BCUT2D eigenvalue weighted by molar-refractivity contribution is 0.430. The van der Waals surface area contributed by atoms with Crippen LogP contribution in [-0.4, -0.2) is 0 Å². The Bertz CT molecular complexity index is 462. The van der Waals surface area contributed by atoms with Gasteiger partial charge in [0.15, 0.2) is 0 Å². The van der Waals surface area contributed by atoms with Gasteiger partial charge in [0.1, 0.15) is 5.76 Å². The summed E-state index contributed by atoms with van der Waals surface area (Å²) in [6.07, 6.45) is 1.66. The summed E-state index contributed by atoms with van der Waals surface area (Å²) < 4.78 is 5.32. The van der Waals surface area contributed by atoms with Crippen LogP contribution < -0.4 is 5.32 Å². The smallest absolute Gasteiger partial charge is 0.120 e. The fourth-order valence-corrected chi connectivity index (χ4v) is 2.13. The van der Waals surface area contributed by atoms with Crippen LogP contribution in [0.1, 0.15) is 24.3 Å². The summed E-state index contributed by atoms with van der Waals surface area (Å²) >= 11 is 12.2. The second kappa shape index (κ2) is 5.58. The molecular weight excluding hydrogens is 257 g/mol. The summed E-state index contributed by atoms with van der Waals surface area (Å²) in [4.78, 5) is 0. The Morgan fingerprint density at radius 2 is 1.88 bits per heavy atom. The van der Waals surface area contributed by atoms with Gasteiger partial charge in [-0.1, -0.05) is 29.3 Å². The van der Waals surface area contributed by atoms with Crippen molar-refractivity contribution in [3.8, 4) is 0 Å². The zero-order chi connectivity index (χ0) is 12.3. The molecule has 0 amide bonds. The Hall–Kier alpha value is -0.960. The van der Waals surface area contributed by atoms with Crippen molar-refractivity contribution in [3.63, 3.8) is 0 Å². The first-order chi connectivity index (χ1) is 8.18. The van der Waals surface area contributed by atoms with Crippen LogP contribution in [0.4, 0.5) is 0 Å². The second-order valence-corrected chi connectivity index (χ2v) is 4.63. The molecule has 0 aliphatic heterocycles. The van der Waals surface area contributed by atoms with Gasteiger partial charge in [0.05, 0.1) is 12.3 Å². The summed E-state index contributed by atoms with van der Waals surface area (Å²) in [6, 6.07) is 9.44. The van der Waals surface area contributed by atoms with Gasteiger partial charge in [-0.25, -0.2) is 0 Å². The summed E-state index contributed by atoms with van der Waals surface area (Å²) in [5.41, 5.74) is 0.911. The van der Waals surface area contributed by atoms with E-state index in [-0.39, 0.29) is 6.04 Å². The maximum Gasteiger partial charge on any atom is 0.120 e. The third kappa shape index (κ3) is 3.03. The molecule has 0 saturated carbocycles. The Morgan fingerprint density at radius 1 is 1.18 bits per heavy atom. The van der Waals surface area contributed by atoms with Crippen molar-refractivity contribution in [1.82, 2.24) is 5.32 Å². The van der Waals surface area contributed by atoms with Gasteiger partial charge in [0.25, 0.3) is 0 Å². The Labute approximate surface area is 111 Å². The van der Waals surface area contributed by atoms with Crippen molar-refractivity contribution in [2.75, 3.05) is 0 Å². The van der Waals surface area contributed by atoms with Crippen molar-refractivity contribution in [1.29, 1.82) is 0 Å². The Balaban J connectivity index is 2.03. The number of furan rings is 1. The molecule has 17 heavy (non-hydrogen) atoms. The van der Waals surface area contributed by atoms with Crippen molar-refractivity contribution < 1.29 is 4.42 Å². The van der Waals surface area contributed by atoms with Crippen molar-refractivity contribution in [2.45, 2.75) is 19.5 Å². The highest BCUT2D eigenvalue weighted by molar-refractivity contribution is 6.35. The van der Waals surface area contributed by atoms with Crippen LogP contribution in [0.25, 0.3) is 0 Å². The molecule has 1 atom stereocenters. The van der Waals surface area contributed by atoms with Gasteiger partial charge < -0.3 is 9.73 Å². The van der Waals surface area contributed by atoms with E-state index in [4.69, 9.17) is 27.6 Å². The fourth-order valence-electron chi connectivity index (χ4n) is 1.59. The van der Waals surface area contributed by atoms with Crippen LogP contribution >= 0.6 is 23.2 Å². The first-order valence-electron chi connectivity index (χ1n) is 5.38. The minimum absolute atomic E-state index is 0.123. The number of benzene rings is 1. The zero-order valence-electron chi connectivity index (χ0n) is 9.41. The Morgan fingerprint density at radius 3 is 2.47 bits per heavy atom. The molecule has 2 nitrogen and oxygen atoms in total. The summed E-state index contributed by atoms with van der Waals surface area (Å²) in [6.45, 7) is 2.64. The van der Waals surface area contributed by atoms with Crippen LogP contribution in [0.2, 0.25) is 10.0 Å². The molecule has 1 N–H and O–H groups in total. The number of hydrogen-bond donors (Lipinski definition) is 1. The third-order valence-electron chi connectivity index (χ3n) is 2.62. The molecular formula is C13H13Cl2NO. The highest BCUT2D eigenvalue weighted by Crippen LogP contribution is 2.25. The molecule has 1 aromatic carbocycles. The summed E-state index contributed by atoms with van der Waals surface area (Å²) in [5, 5.41) is 4.68. The van der Waals surface area contributed by atoms with Gasteiger partial charge in [-0.05, 0) is 31.2 Å². The molecule has 0 aliphatic carbocycles. The monoisotopic (exact) mass is 269 g/mol. The SMILES string of the molecule is CC(NCc1c(Cl)cccc1Cl)c1ccco1. The molecule has 1 unspecified atom stereocenters. The van der Waals surface area contributed by atoms with Crippen LogP contribution in [0.15, 0.2) is 41.0 Å². The fraction of sp³-hybridized carbons (Fsp3) is 0.231. The zero-order valence-corrected chi connectivity index (χ0v) is 10.9. The molecule has 2 aromatic rings. The normalized spacial score (nSPS) is 12.6. The topological polar surface area (TPSA) is 25.2 Å². The predicted molar refractivity (Wildman–Crippen MR) is 70.4 cm³/mol. The molecule has 0 radical (unpaired) electrons. The first kappa shape index (κ1) is 12.5. The minimum atomic E-state index is 0.123. The van der Waals surface area contributed by atoms with Crippen molar-refractivity contribution in [2.24, 2.45) is 0 Å². The molecule has 4 heteroatoms. The van der Waals surface area contributed by atoms with Gasteiger partial charge in [0.2, 0.25) is 0 Å². The van der Waals surface area contributed by atoms with E-state index in [1.165, 1.54) is 0 Å². The van der Waals surface area contributed by atoms with Gasteiger partial charge >= 0.3 is 0 Å². The lowest BCUT2D eigenvalue weighted by Gasteiger charge is -2.13. The lowest BCUT2D eigenvalue weighted by Crippen LogP contribution is -2.18. The van der Waals surface area contributed by atoms with Crippen LogP contribution in [0, 0.1) is 0 Å². The number of hydrogen-bond acceptors (Lipinski definition) is 2. The van der Waals surface area contributed by atoms with Gasteiger partial charge in [0, 0.05) is 22.2 Å². The molecule has 1 heterocycles. The molecule has 0 spiro atoms. The molecule has 0 fully saturated rings. The van der Waals surface area contributed by atoms with E-state index in [1.807, 2.05) is 37.3 Å². The second-order valence-electron chi connectivity index (χ2n) is 3.82. The number of nitrogens with one attached hydrogen (secondary N) is 1. The number of halogens is 2. The maximum atomic E-state index is 6.09. The van der Waals surface area contributed by atoms with E-state index in [1.54, 1.807) is 6.26 Å². The molecule has 1 aromatic heterocycles. The highest BCUT2D eigenvalue weighted by Gasteiger charge is 2.10. The van der Waals surface area contributed by atoms with Crippen LogP contribution in [0.5, 0.6) is 0 Å². The van der Waals surface area contributed by atoms with E-state index in [9.17, 15) is 0 Å². The quantitative estimate of drug-likeness (QED) is 0.888. The minimum Gasteiger partial charge on any atom is -0.468 e. The van der Waals surface area contributed by atoms with Gasteiger partial charge in [-0.3, -0.25) is 0 Å². The summed E-state index contributed by atoms with van der Waals surface area (Å²) in [5.74, 6) is 0.896. The Kier molecular flexibility index (Phi) is 4.11. The van der Waals surface area contributed by atoms with E-state index in [0.29, 0.717) is 16.6 Å². The molecule has 0 bridgehead atoms.